The van der Waals surface area contributed by atoms with E-state index in [2.05, 4.69) is 213 Å². The Labute approximate surface area is 390 Å². The van der Waals surface area contributed by atoms with Crippen LogP contribution >= 0.6 is 0 Å². The number of fused-ring (bicyclic) bond motifs is 4. The topological polar surface area (TPSA) is 35.6 Å². The quantitative estimate of drug-likeness (QED) is 0.112. The van der Waals surface area contributed by atoms with Crippen LogP contribution in [0.25, 0.3) is 78.0 Å². The Morgan fingerprint density at radius 1 is 0.587 bits per heavy atom. The van der Waals surface area contributed by atoms with Gasteiger partial charge in [-0.25, -0.2) is 0 Å². The number of imidazole rings is 1. The molecule has 6 heteroatoms. The summed E-state index contributed by atoms with van der Waals surface area (Å²) in [5.41, 5.74) is 14.1. The molecule has 0 spiro atoms. The molecular formula is C57H52IrN4Si-2. The van der Waals surface area contributed by atoms with E-state index in [0.717, 1.165) is 33.6 Å². The van der Waals surface area contributed by atoms with Crippen molar-refractivity contribution in [2.75, 3.05) is 0 Å². The van der Waals surface area contributed by atoms with E-state index in [4.69, 9.17) is 9.10 Å². The van der Waals surface area contributed by atoms with Crippen LogP contribution in [0.1, 0.15) is 54.8 Å². The maximum absolute atomic E-state index is 7.64. The number of benzene rings is 7. The SMILES string of the molecule is CC(C)c1cccc(C(C)C)c1-n1c(-c2[c-]cc3c(c2)c2cc(-c4ccccc4)ccc2n3-c2ccccc2)nc2ccccc21.[2H]c1[c-]c(-c2ccc([Si](C)(C)C)cn2)cc([2H])c1[2H].[Ir]. The van der Waals surface area contributed by atoms with Crippen molar-refractivity contribution in [2.45, 2.75) is 59.2 Å². The molecule has 3 aromatic heterocycles. The van der Waals surface area contributed by atoms with Crippen LogP contribution < -0.4 is 5.19 Å². The predicted molar refractivity (Wildman–Crippen MR) is 265 cm³/mol. The number of nitrogens with zero attached hydrogens (tertiary/aromatic N) is 4. The largest absolute Gasteiger partial charge is 0.351 e. The normalized spacial score (nSPS) is 12.2. The molecule has 0 saturated carbocycles. The van der Waals surface area contributed by atoms with Crippen molar-refractivity contribution < 1.29 is 24.2 Å². The van der Waals surface area contributed by atoms with E-state index in [1.165, 1.54) is 55.5 Å². The average Bonchev–Trinajstić information content (AvgIpc) is 3.86. The van der Waals surface area contributed by atoms with Gasteiger partial charge in [-0.2, -0.15) is 0 Å². The Morgan fingerprint density at radius 2 is 1.27 bits per heavy atom. The molecule has 315 valence electrons. The Morgan fingerprint density at radius 3 is 1.94 bits per heavy atom. The molecule has 1 radical (unpaired) electrons. The third-order valence-electron chi connectivity index (χ3n) is 11.6. The summed E-state index contributed by atoms with van der Waals surface area (Å²) in [6.45, 7) is 15.9. The maximum atomic E-state index is 7.64. The number of aromatic nitrogens is 4. The average molecular weight is 1020 g/mol. The van der Waals surface area contributed by atoms with Gasteiger partial charge in [0.25, 0.3) is 0 Å². The molecule has 10 rings (SSSR count). The molecule has 0 aliphatic heterocycles. The number of rotatable bonds is 8. The summed E-state index contributed by atoms with van der Waals surface area (Å²) >= 11 is 0. The summed E-state index contributed by atoms with van der Waals surface area (Å²) in [5, 5.41) is 3.67. The summed E-state index contributed by atoms with van der Waals surface area (Å²) in [7, 11) is -1.36. The molecule has 0 unspecified atom stereocenters. The van der Waals surface area contributed by atoms with Crippen LogP contribution in [0.4, 0.5) is 0 Å². The molecule has 4 nitrogen and oxygen atoms in total. The zero-order chi connectivity index (χ0) is 45.6. The van der Waals surface area contributed by atoms with Crippen molar-refractivity contribution in [3.63, 3.8) is 0 Å². The second kappa shape index (κ2) is 18.3. The van der Waals surface area contributed by atoms with Crippen molar-refractivity contribution in [3.8, 4) is 45.1 Å². The van der Waals surface area contributed by atoms with Crippen LogP contribution in [0, 0.1) is 12.1 Å². The van der Waals surface area contributed by atoms with Gasteiger partial charge in [0.2, 0.25) is 0 Å². The third kappa shape index (κ3) is 8.64. The van der Waals surface area contributed by atoms with E-state index in [0.29, 0.717) is 23.1 Å². The number of hydrogen-bond donors (Lipinski definition) is 0. The second-order valence-corrected chi connectivity index (χ2v) is 22.6. The van der Waals surface area contributed by atoms with Gasteiger partial charge < -0.3 is 14.1 Å². The summed E-state index contributed by atoms with van der Waals surface area (Å²) in [4.78, 5) is 9.70. The standard InChI is InChI=1S/C43H36N3.C14H16NSi.Ir/c1-28(2)34-18-13-19-35(29(3)4)42(34)46-41-21-12-11-20-38(41)44-43(46)32-23-25-40-37(27-32)36-26-31(30-14-7-5-8-15-30)22-24-39(36)45(40)33-16-9-6-10-17-33;1-16(2,3)13-9-10-14(15-11-13)12-7-5-4-6-8-12;/h5-22,24-29H,1-4H3;4-7,9-11H,1-3H3;/q2*-1;/i;4D,5D,6D;. The molecule has 10 aromatic rings. The first-order valence-electron chi connectivity index (χ1n) is 23.0. The van der Waals surface area contributed by atoms with Crippen LogP contribution in [-0.4, -0.2) is 27.2 Å². The minimum absolute atomic E-state index is 0. The molecule has 3 heterocycles. The zero-order valence-electron chi connectivity index (χ0n) is 39.8. The molecule has 0 aliphatic rings. The first-order chi connectivity index (χ1) is 31.3. The van der Waals surface area contributed by atoms with Crippen LogP contribution in [0.2, 0.25) is 19.6 Å². The number of para-hydroxylation sites is 4. The molecular weight excluding hydrogens is 961 g/mol. The fraction of sp³-hybridized carbons (Fsp3) is 0.158. The van der Waals surface area contributed by atoms with Gasteiger partial charge in [-0.1, -0.05) is 150 Å². The van der Waals surface area contributed by atoms with Crippen molar-refractivity contribution in [2.24, 2.45) is 0 Å². The van der Waals surface area contributed by atoms with E-state index >= 15 is 0 Å². The van der Waals surface area contributed by atoms with E-state index in [1.54, 1.807) is 0 Å². The predicted octanol–water partition coefficient (Wildman–Crippen LogP) is 14.6. The molecule has 0 N–H and O–H groups in total. The fourth-order valence-corrected chi connectivity index (χ4v) is 9.41. The molecule has 63 heavy (non-hydrogen) atoms. The van der Waals surface area contributed by atoms with Crippen LogP contribution in [0.3, 0.4) is 0 Å². The molecule has 0 bridgehead atoms. The van der Waals surface area contributed by atoms with Gasteiger partial charge in [-0.3, -0.25) is 4.98 Å². The zero-order valence-corrected chi connectivity index (χ0v) is 40.2. The first-order valence-corrected chi connectivity index (χ1v) is 25.0. The molecule has 0 atom stereocenters. The summed E-state index contributed by atoms with van der Waals surface area (Å²) in [6.07, 6.45) is 1.87. The van der Waals surface area contributed by atoms with Gasteiger partial charge in [-0.15, -0.1) is 59.6 Å². The van der Waals surface area contributed by atoms with Crippen LogP contribution in [-0.2, 0) is 20.1 Å². The van der Waals surface area contributed by atoms with Crippen LogP contribution in [0.5, 0.6) is 0 Å². The molecule has 0 saturated heterocycles. The van der Waals surface area contributed by atoms with Gasteiger partial charge in [-0.05, 0) is 93.6 Å². The Balaban J connectivity index is 0.000000249. The van der Waals surface area contributed by atoms with Gasteiger partial charge in [0.15, 0.2) is 0 Å². The summed E-state index contributed by atoms with van der Waals surface area (Å²) in [5.74, 6) is 1.63. The molecule has 7 aromatic carbocycles. The summed E-state index contributed by atoms with van der Waals surface area (Å²) in [6, 6.07) is 59.7. The molecule has 0 amide bonds. The molecule has 0 aliphatic carbocycles. The van der Waals surface area contributed by atoms with Gasteiger partial charge in [0, 0.05) is 45.9 Å². The second-order valence-electron chi connectivity index (χ2n) is 17.5. The maximum Gasteiger partial charge on any atom is 0.0795 e. The van der Waals surface area contributed by atoms with E-state index in [9.17, 15) is 0 Å². The molecule has 0 fully saturated rings. The van der Waals surface area contributed by atoms with Crippen molar-refractivity contribution in [3.05, 3.63) is 199 Å². The van der Waals surface area contributed by atoms with Crippen molar-refractivity contribution in [1.82, 2.24) is 19.1 Å². The minimum atomic E-state index is -1.36. The minimum Gasteiger partial charge on any atom is -0.351 e. The van der Waals surface area contributed by atoms with E-state index in [1.807, 2.05) is 12.3 Å². The van der Waals surface area contributed by atoms with Gasteiger partial charge in [0.05, 0.1) is 24.9 Å². The monoisotopic (exact) mass is 1020 g/mol. The Hall–Kier alpha value is -6.17. The van der Waals surface area contributed by atoms with Gasteiger partial charge in [0.1, 0.15) is 0 Å². The van der Waals surface area contributed by atoms with Crippen molar-refractivity contribution in [1.29, 1.82) is 0 Å². The smallest absolute Gasteiger partial charge is 0.0795 e. The third-order valence-corrected chi connectivity index (χ3v) is 13.7. The number of pyridine rings is 1. The Bertz CT molecular complexity index is 3290. The van der Waals surface area contributed by atoms with Crippen molar-refractivity contribution >= 4 is 46.1 Å². The summed E-state index contributed by atoms with van der Waals surface area (Å²) < 4.78 is 27.5. The number of hydrogen-bond acceptors (Lipinski definition) is 2. The van der Waals surface area contributed by atoms with E-state index < -0.39 is 8.07 Å². The first kappa shape index (κ1) is 39.7. The van der Waals surface area contributed by atoms with E-state index in [-0.39, 0.29) is 38.2 Å². The Kier molecular flexibility index (Phi) is 11.5. The van der Waals surface area contributed by atoms with Crippen LogP contribution in [0.15, 0.2) is 176 Å². The van der Waals surface area contributed by atoms with Gasteiger partial charge >= 0.3 is 0 Å². The fourth-order valence-electron chi connectivity index (χ4n) is 8.37.